The van der Waals surface area contributed by atoms with Crippen molar-refractivity contribution < 1.29 is 4.74 Å². The monoisotopic (exact) mass is 176 g/mol. The fraction of sp³-hybridized carbons (Fsp3) is 0.333. The Balaban J connectivity index is 0.000000310. The zero-order chi connectivity index (χ0) is 10.1. The Labute approximate surface area is 80.7 Å². The van der Waals surface area contributed by atoms with E-state index in [-0.39, 0.29) is 0 Å². The summed E-state index contributed by atoms with van der Waals surface area (Å²) in [5.41, 5.74) is 1.18. The van der Waals surface area contributed by atoms with Gasteiger partial charge in [0.2, 0.25) is 0 Å². The molecule has 0 bridgehead atoms. The van der Waals surface area contributed by atoms with E-state index in [1.807, 2.05) is 45.0 Å². The highest BCUT2D eigenvalue weighted by Crippen LogP contribution is 2.14. The lowest BCUT2D eigenvalue weighted by Crippen LogP contribution is -1.84. The molecule has 70 valence electrons. The quantitative estimate of drug-likeness (QED) is 0.598. The highest BCUT2D eigenvalue weighted by Gasteiger charge is 1.90. The molecule has 1 heteroatoms. The van der Waals surface area contributed by atoms with Gasteiger partial charge >= 0.3 is 0 Å². The molecule has 0 atom stereocenters. The molecule has 0 N–H and O–H groups in total. The molecule has 0 saturated heterocycles. The number of hydrogen-bond donors (Lipinski definition) is 0. The fourth-order valence-electron chi connectivity index (χ4n) is 0.785. The summed E-state index contributed by atoms with van der Waals surface area (Å²) in [5.74, 6) is 6.32. The standard InChI is InChI=1S/C8H10O.C4H6/c1-7-5-3-4-6-8(7)9-2;1-3-4-2/h3-6H,1-2H3;1-2H3. The molecule has 0 fully saturated rings. The summed E-state index contributed by atoms with van der Waals surface area (Å²) in [4.78, 5) is 0. The van der Waals surface area contributed by atoms with Crippen molar-refractivity contribution >= 4 is 0 Å². The van der Waals surface area contributed by atoms with E-state index in [1.165, 1.54) is 5.56 Å². The first-order chi connectivity index (χ1) is 6.26. The minimum Gasteiger partial charge on any atom is -0.496 e. The Morgan fingerprint density at radius 1 is 1.08 bits per heavy atom. The number of methoxy groups -OCH3 is 1. The third-order valence-electron chi connectivity index (χ3n) is 1.56. The summed E-state index contributed by atoms with van der Waals surface area (Å²) in [7, 11) is 1.68. The van der Waals surface area contributed by atoms with Gasteiger partial charge in [-0.25, -0.2) is 0 Å². The molecule has 1 aromatic carbocycles. The third-order valence-corrected chi connectivity index (χ3v) is 1.56. The Hall–Kier alpha value is -1.42. The van der Waals surface area contributed by atoms with Crippen LogP contribution in [-0.4, -0.2) is 7.11 Å². The normalized spacial score (nSPS) is 7.38. The van der Waals surface area contributed by atoms with Gasteiger partial charge in [-0.05, 0) is 32.4 Å². The minimum absolute atomic E-state index is 0.956. The van der Waals surface area contributed by atoms with E-state index in [1.54, 1.807) is 7.11 Å². The number of para-hydroxylation sites is 1. The largest absolute Gasteiger partial charge is 0.496 e. The Kier molecular flexibility index (Phi) is 6.45. The molecule has 1 nitrogen and oxygen atoms in total. The molecule has 0 unspecified atom stereocenters. The molecule has 0 saturated carbocycles. The number of hydrogen-bond acceptors (Lipinski definition) is 1. The average molecular weight is 176 g/mol. The number of rotatable bonds is 1. The maximum absolute atomic E-state index is 5.04. The van der Waals surface area contributed by atoms with E-state index < -0.39 is 0 Å². The van der Waals surface area contributed by atoms with Gasteiger partial charge in [0.05, 0.1) is 7.11 Å². The fourth-order valence-corrected chi connectivity index (χ4v) is 0.785. The maximum Gasteiger partial charge on any atom is 0.121 e. The second-order valence-corrected chi connectivity index (χ2v) is 2.47. The van der Waals surface area contributed by atoms with Gasteiger partial charge in [0.25, 0.3) is 0 Å². The molecule has 0 amide bonds. The molecule has 1 aromatic rings. The van der Waals surface area contributed by atoms with E-state index in [0.717, 1.165) is 5.75 Å². The smallest absolute Gasteiger partial charge is 0.121 e. The van der Waals surface area contributed by atoms with Crippen LogP contribution in [-0.2, 0) is 0 Å². The van der Waals surface area contributed by atoms with E-state index >= 15 is 0 Å². The van der Waals surface area contributed by atoms with E-state index in [2.05, 4.69) is 11.8 Å². The Morgan fingerprint density at radius 3 is 1.92 bits per heavy atom. The van der Waals surface area contributed by atoms with Crippen LogP contribution in [0.3, 0.4) is 0 Å². The Bertz CT molecular complexity index is 285. The molecular formula is C12H16O. The van der Waals surface area contributed by atoms with Crippen molar-refractivity contribution in [2.45, 2.75) is 20.8 Å². The number of benzene rings is 1. The average Bonchev–Trinajstić information content (AvgIpc) is 2.19. The topological polar surface area (TPSA) is 9.23 Å². The lowest BCUT2D eigenvalue weighted by molar-refractivity contribution is 0.411. The summed E-state index contributed by atoms with van der Waals surface area (Å²) < 4.78 is 5.04. The van der Waals surface area contributed by atoms with Gasteiger partial charge < -0.3 is 4.74 Å². The molecule has 0 radical (unpaired) electrons. The van der Waals surface area contributed by atoms with Crippen molar-refractivity contribution in [3.8, 4) is 17.6 Å². The van der Waals surface area contributed by atoms with Gasteiger partial charge in [-0.2, -0.15) is 0 Å². The third kappa shape index (κ3) is 4.92. The molecule has 0 heterocycles. The molecule has 0 aliphatic heterocycles. The molecule has 0 spiro atoms. The van der Waals surface area contributed by atoms with Crippen molar-refractivity contribution in [2.75, 3.05) is 7.11 Å². The number of aryl methyl sites for hydroxylation is 1. The summed E-state index contributed by atoms with van der Waals surface area (Å²) in [6, 6.07) is 7.94. The van der Waals surface area contributed by atoms with Crippen LogP contribution in [0.5, 0.6) is 5.75 Å². The maximum atomic E-state index is 5.04. The minimum atomic E-state index is 0.956. The lowest BCUT2D eigenvalue weighted by Gasteiger charge is -2.00. The highest BCUT2D eigenvalue weighted by atomic mass is 16.5. The van der Waals surface area contributed by atoms with E-state index in [9.17, 15) is 0 Å². The predicted molar refractivity (Wildman–Crippen MR) is 56.9 cm³/mol. The van der Waals surface area contributed by atoms with Crippen LogP contribution in [0.4, 0.5) is 0 Å². The second-order valence-electron chi connectivity index (χ2n) is 2.47. The van der Waals surface area contributed by atoms with E-state index in [0.29, 0.717) is 0 Å². The van der Waals surface area contributed by atoms with Gasteiger partial charge in [-0.15, -0.1) is 11.8 Å². The van der Waals surface area contributed by atoms with Gasteiger partial charge in [0, 0.05) is 0 Å². The SMILES string of the molecule is CC#CC.COc1ccccc1C. The van der Waals surface area contributed by atoms with Gasteiger partial charge in [-0.3, -0.25) is 0 Å². The van der Waals surface area contributed by atoms with Crippen molar-refractivity contribution in [3.63, 3.8) is 0 Å². The zero-order valence-corrected chi connectivity index (χ0v) is 8.72. The van der Waals surface area contributed by atoms with Crippen LogP contribution in [0.2, 0.25) is 0 Å². The summed E-state index contributed by atoms with van der Waals surface area (Å²) in [5, 5.41) is 0. The van der Waals surface area contributed by atoms with Crippen LogP contribution >= 0.6 is 0 Å². The van der Waals surface area contributed by atoms with Gasteiger partial charge in [-0.1, -0.05) is 18.2 Å². The first-order valence-electron chi connectivity index (χ1n) is 4.19. The zero-order valence-electron chi connectivity index (χ0n) is 8.72. The van der Waals surface area contributed by atoms with Crippen molar-refractivity contribution in [3.05, 3.63) is 29.8 Å². The van der Waals surface area contributed by atoms with Crippen LogP contribution in [0, 0.1) is 18.8 Å². The molecular weight excluding hydrogens is 160 g/mol. The van der Waals surface area contributed by atoms with Crippen LogP contribution in [0.15, 0.2) is 24.3 Å². The summed E-state index contributed by atoms with van der Waals surface area (Å²) in [6.07, 6.45) is 0. The molecule has 1 rings (SSSR count). The highest BCUT2D eigenvalue weighted by molar-refractivity contribution is 5.31. The summed E-state index contributed by atoms with van der Waals surface area (Å²) in [6.45, 7) is 5.67. The van der Waals surface area contributed by atoms with Crippen molar-refractivity contribution in [2.24, 2.45) is 0 Å². The number of ether oxygens (including phenoxy) is 1. The predicted octanol–water partition coefficient (Wildman–Crippen LogP) is 3.03. The first-order valence-corrected chi connectivity index (χ1v) is 4.19. The molecule has 13 heavy (non-hydrogen) atoms. The first kappa shape index (κ1) is 11.6. The van der Waals surface area contributed by atoms with Crippen molar-refractivity contribution in [1.29, 1.82) is 0 Å². The second kappa shape index (κ2) is 7.24. The van der Waals surface area contributed by atoms with Crippen LogP contribution in [0.25, 0.3) is 0 Å². The summed E-state index contributed by atoms with van der Waals surface area (Å²) >= 11 is 0. The van der Waals surface area contributed by atoms with Crippen LogP contribution < -0.4 is 4.74 Å². The lowest BCUT2D eigenvalue weighted by atomic mass is 10.2. The van der Waals surface area contributed by atoms with Crippen LogP contribution in [0.1, 0.15) is 19.4 Å². The molecule has 0 aromatic heterocycles. The Morgan fingerprint density at radius 2 is 1.62 bits per heavy atom. The molecule has 0 aliphatic rings. The van der Waals surface area contributed by atoms with E-state index in [4.69, 9.17) is 4.74 Å². The van der Waals surface area contributed by atoms with Gasteiger partial charge in [0.15, 0.2) is 0 Å². The van der Waals surface area contributed by atoms with Crippen molar-refractivity contribution in [1.82, 2.24) is 0 Å². The van der Waals surface area contributed by atoms with Gasteiger partial charge in [0.1, 0.15) is 5.75 Å². The molecule has 0 aliphatic carbocycles.